The van der Waals surface area contributed by atoms with E-state index in [1.165, 1.54) is 22.7 Å². The van der Waals surface area contributed by atoms with Gasteiger partial charge in [-0.15, -0.1) is 11.3 Å². The maximum absolute atomic E-state index is 12.0. The van der Waals surface area contributed by atoms with Crippen LogP contribution in [0.5, 0.6) is 28.7 Å². The van der Waals surface area contributed by atoms with E-state index in [9.17, 15) is 9.90 Å². The van der Waals surface area contributed by atoms with Gasteiger partial charge < -0.3 is 24.1 Å². The third-order valence-electron chi connectivity index (χ3n) is 4.79. The Bertz CT molecular complexity index is 1270. The average Bonchev–Trinajstić information content (AvgIpc) is 3.45. The number of carboxylic acids is 1. The van der Waals surface area contributed by atoms with Crippen molar-refractivity contribution in [1.29, 1.82) is 0 Å². The second-order valence-electron chi connectivity index (χ2n) is 6.65. The van der Waals surface area contributed by atoms with E-state index >= 15 is 0 Å². The molecule has 0 atom stereocenters. The molecule has 32 heavy (non-hydrogen) atoms. The number of aliphatic carboxylic acids is 1. The van der Waals surface area contributed by atoms with Gasteiger partial charge in [0.1, 0.15) is 11.5 Å². The number of hydrogen-bond donors (Lipinski definition) is 1. The van der Waals surface area contributed by atoms with Crippen LogP contribution in [-0.4, -0.2) is 32.4 Å². The van der Waals surface area contributed by atoms with Gasteiger partial charge in [-0.25, -0.2) is 4.79 Å². The number of thiophene rings is 2. The summed E-state index contributed by atoms with van der Waals surface area (Å²) in [7, 11) is 4.74. The normalized spacial score (nSPS) is 11.4. The molecule has 2 aromatic heterocycles. The Morgan fingerprint density at radius 2 is 1.62 bits per heavy atom. The lowest BCUT2D eigenvalue weighted by Gasteiger charge is -2.10. The number of carbonyl (C=O) groups is 1. The SMILES string of the molecule is COc1ccc(Oc2c(C=C(C(=O)O)c3ccsc3)sc3cc(OC)c(OC)cc23)cc1. The molecule has 0 aliphatic carbocycles. The number of carboxylic acid groups (broad SMARTS) is 1. The molecule has 2 heterocycles. The van der Waals surface area contributed by atoms with Crippen LogP contribution in [-0.2, 0) is 4.79 Å². The number of ether oxygens (including phenoxy) is 4. The summed E-state index contributed by atoms with van der Waals surface area (Å²) in [6.07, 6.45) is 1.65. The summed E-state index contributed by atoms with van der Waals surface area (Å²) >= 11 is 2.87. The van der Waals surface area contributed by atoms with E-state index in [4.69, 9.17) is 18.9 Å². The minimum atomic E-state index is -1.01. The molecule has 4 rings (SSSR count). The third-order valence-corrected chi connectivity index (χ3v) is 6.56. The van der Waals surface area contributed by atoms with Gasteiger partial charge in [-0.3, -0.25) is 0 Å². The molecule has 0 aliphatic heterocycles. The fourth-order valence-electron chi connectivity index (χ4n) is 3.20. The molecule has 0 fully saturated rings. The third kappa shape index (κ3) is 4.28. The minimum absolute atomic E-state index is 0.191. The molecule has 6 nitrogen and oxygen atoms in total. The molecule has 0 spiro atoms. The van der Waals surface area contributed by atoms with Crippen LogP contribution in [0.25, 0.3) is 21.7 Å². The van der Waals surface area contributed by atoms with Crippen molar-refractivity contribution in [3.8, 4) is 28.7 Å². The summed E-state index contributed by atoms with van der Waals surface area (Å²) in [6, 6.07) is 12.7. The summed E-state index contributed by atoms with van der Waals surface area (Å²) in [5, 5.41) is 14.3. The van der Waals surface area contributed by atoms with Crippen molar-refractivity contribution in [3.05, 3.63) is 63.7 Å². The van der Waals surface area contributed by atoms with Crippen LogP contribution in [0.2, 0.25) is 0 Å². The van der Waals surface area contributed by atoms with Crippen molar-refractivity contribution in [2.24, 2.45) is 0 Å². The highest BCUT2D eigenvalue weighted by Gasteiger charge is 2.20. The Morgan fingerprint density at radius 1 is 0.938 bits per heavy atom. The molecule has 8 heteroatoms. The average molecular weight is 469 g/mol. The highest BCUT2D eigenvalue weighted by atomic mass is 32.1. The predicted molar refractivity (Wildman–Crippen MR) is 128 cm³/mol. The van der Waals surface area contributed by atoms with Gasteiger partial charge in [-0.05, 0) is 58.8 Å². The monoisotopic (exact) mass is 468 g/mol. The quantitative estimate of drug-likeness (QED) is 0.301. The van der Waals surface area contributed by atoms with Crippen LogP contribution in [0.1, 0.15) is 10.4 Å². The van der Waals surface area contributed by atoms with E-state index in [1.807, 2.05) is 22.9 Å². The second kappa shape index (κ2) is 9.33. The molecule has 0 saturated heterocycles. The van der Waals surface area contributed by atoms with Gasteiger partial charge in [0.05, 0.1) is 31.8 Å². The van der Waals surface area contributed by atoms with Crippen LogP contribution < -0.4 is 18.9 Å². The highest BCUT2D eigenvalue weighted by Crippen LogP contribution is 2.46. The number of hydrogen-bond acceptors (Lipinski definition) is 7. The second-order valence-corrected chi connectivity index (χ2v) is 8.52. The topological polar surface area (TPSA) is 74.2 Å². The molecule has 164 valence electrons. The highest BCUT2D eigenvalue weighted by molar-refractivity contribution is 7.20. The van der Waals surface area contributed by atoms with Gasteiger partial charge in [0.25, 0.3) is 0 Å². The number of benzene rings is 2. The maximum atomic E-state index is 12.0. The molecule has 2 aromatic carbocycles. The van der Waals surface area contributed by atoms with E-state index in [0.29, 0.717) is 39.2 Å². The molecule has 0 radical (unpaired) electrons. The summed E-state index contributed by atoms with van der Waals surface area (Å²) in [6.45, 7) is 0. The molecule has 0 aliphatic rings. The zero-order valence-corrected chi connectivity index (χ0v) is 19.2. The Morgan fingerprint density at radius 3 is 2.22 bits per heavy atom. The van der Waals surface area contributed by atoms with Gasteiger partial charge in [-0.1, -0.05) is 0 Å². The van der Waals surface area contributed by atoms with Gasteiger partial charge in [-0.2, -0.15) is 11.3 Å². The van der Waals surface area contributed by atoms with Crippen LogP contribution >= 0.6 is 22.7 Å². The summed E-state index contributed by atoms with van der Waals surface area (Å²) in [4.78, 5) is 12.7. The van der Waals surface area contributed by atoms with Gasteiger partial charge >= 0.3 is 5.97 Å². The predicted octanol–water partition coefficient (Wildman–Crippen LogP) is 6.41. The lowest BCUT2D eigenvalue weighted by molar-refractivity contribution is -0.130. The van der Waals surface area contributed by atoms with Gasteiger partial charge in [0.15, 0.2) is 17.2 Å². The Hall–Kier alpha value is -3.49. The summed E-state index contributed by atoms with van der Waals surface area (Å²) in [5.41, 5.74) is 0.835. The molecule has 1 N–H and O–H groups in total. The summed E-state index contributed by atoms with van der Waals surface area (Å²) in [5.74, 6) is 2.00. The van der Waals surface area contributed by atoms with Crippen LogP contribution in [0, 0.1) is 0 Å². The number of rotatable bonds is 8. The standard InChI is InChI=1S/C24H20O6S2/c1-27-15-4-6-16(7-5-15)30-23-18-10-19(28-2)20(29-3)12-21(18)32-22(23)11-17(24(25)26)14-8-9-31-13-14/h4-13H,1-3H3,(H,25,26). The first kappa shape index (κ1) is 21.7. The smallest absolute Gasteiger partial charge is 0.336 e. The zero-order chi connectivity index (χ0) is 22.7. The van der Waals surface area contributed by atoms with E-state index in [2.05, 4.69) is 0 Å². The van der Waals surface area contributed by atoms with Crippen LogP contribution in [0.3, 0.4) is 0 Å². The number of methoxy groups -OCH3 is 3. The molecule has 0 bridgehead atoms. The van der Waals surface area contributed by atoms with Crippen LogP contribution in [0.4, 0.5) is 0 Å². The fourth-order valence-corrected chi connectivity index (χ4v) is 4.94. The first-order valence-corrected chi connectivity index (χ1v) is 11.3. The van der Waals surface area contributed by atoms with Crippen molar-refractivity contribution < 1.29 is 28.8 Å². The molecular formula is C24H20O6S2. The first-order valence-electron chi connectivity index (χ1n) is 9.52. The van der Waals surface area contributed by atoms with Crippen molar-refractivity contribution in [3.63, 3.8) is 0 Å². The lowest BCUT2D eigenvalue weighted by Crippen LogP contribution is -1.98. The Balaban J connectivity index is 1.90. The largest absolute Gasteiger partial charge is 0.497 e. The molecule has 0 saturated carbocycles. The Labute approximate surface area is 192 Å². The van der Waals surface area contributed by atoms with E-state index in [1.54, 1.807) is 57.7 Å². The van der Waals surface area contributed by atoms with E-state index < -0.39 is 5.97 Å². The van der Waals surface area contributed by atoms with Crippen molar-refractivity contribution in [1.82, 2.24) is 0 Å². The van der Waals surface area contributed by atoms with Crippen LogP contribution in [0.15, 0.2) is 53.2 Å². The summed E-state index contributed by atoms with van der Waals surface area (Å²) < 4.78 is 23.3. The van der Waals surface area contributed by atoms with Crippen molar-refractivity contribution in [2.45, 2.75) is 0 Å². The van der Waals surface area contributed by atoms with Gasteiger partial charge in [0, 0.05) is 16.2 Å². The Kier molecular flexibility index (Phi) is 6.34. The first-order chi connectivity index (χ1) is 15.5. The lowest BCUT2D eigenvalue weighted by atomic mass is 10.1. The van der Waals surface area contributed by atoms with Gasteiger partial charge in [0.2, 0.25) is 0 Å². The number of fused-ring (bicyclic) bond motifs is 1. The van der Waals surface area contributed by atoms with E-state index in [0.717, 1.165) is 10.1 Å². The minimum Gasteiger partial charge on any atom is -0.497 e. The van der Waals surface area contributed by atoms with E-state index in [-0.39, 0.29) is 5.57 Å². The maximum Gasteiger partial charge on any atom is 0.336 e. The zero-order valence-electron chi connectivity index (χ0n) is 17.6. The molecule has 0 unspecified atom stereocenters. The molecular weight excluding hydrogens is 448 g/mol. The van der Waals surface area contributed by atoms with Crippen molar-refractivity contribution in [2.75, 3.05) is 21.3 Å². The fraction of sp³-hybridized carbons (Fsp3) is 0.125. The van der Waals surface area contributed by atoms with Crippen molar-refractivity contribution >= 4 is 50.4 Å². The molecule has 4 aromatic rings. The molecule has 0 amide bonds.